The molecule has 2 heterocycles. The Morgan fingerprint density at radius 1 is 1.11 bits per heavy atom. The molecule has 0 amide bonds. The highest BCUT2D eigenvalue weighted by Crippen LogP contribution is 2.33. The Balaban J connectivity index is 1.69. The maximum atomic E-state index is 11.7. The van der Waals surface area contributed by atoms with Gasteiger partial charge < -0.3 is 5.32 Å². The van der Waals surface area contributed by atoms with Gasteiger partial charge in [0.05, 0.1) is 21.5 Å². The molecule has 7 heteroatoms. The third-order valence-electron chi connectivity index (χ3n) is 4.36. The fraction of sp³-hybridized carbons (Fsp3) is 0.100. The topological polar surface area (TPSA) is 85.9 Å². The molecule has 0 saturated carbocycles. The van der Waals surface area contributed by atoms with E-state index < -0.39 is 0 Å². The maximum absolute atomic E-state index is 11.7. The number of fused-ring (bicyclic) bond motifs is 1. The van der Waals surface area contributed by atoms with E-state index in [1.807, 2.05) is 43.6 Å². The zero-order chi connectivity index (χ0) is 18.8. The molecule has 0 aliphatic heterocycles. The van der Waals surface area contributed by atoms with Gasteiger partial charge in [-0.2, -0.15) is 5.10 Å². The number of anilines is 1. The van der Waals surface area contributed by atoms with Crippen LogP contribution in [0.25, 0.3) is 22.2 Å². The van der Waals surface area contributed by atoms with Crippen LogP contribution in [-0.2, 0) is 13.6 Å². The number of benzene rings is 2. The molecule has 1 N–H and O–H groups in total. The van der Waals surface area contributed by atoms with E-state index in [0.29, 0.717) is 23.1 Å². The van der Waals surface area contributed by atoms with E-state index in [-0.39, 0.29) is 10.6 Å². The standard InChI is InChI=1S/C20H17N5O2/c1-24-13-15(19(23-24)14-6-3-2-4-7-14)12-22-18-10-9-17-16(8-5-11-21-17)20(18)25(26)27/h2-11,13,22H,12H2,1H3. The monoisotopic (exact) mass is 359 g/mol. The average Bonchev–Trinajstić information content (AvgIpc) is 3.07. The molecular formula is C20H17N5O2. The molecule has 4 aromatic rings. The van der Waals surface area contributed by atoms with E-state index in [9.17, 15) is 10.1 Å². The number of hydrogen-bond donors (Lipinski definition) is 1. The van der Waals surface area contributed by atoms with Gasteiger partial charge >= 0.3 is 5.69 Å². The molecule has 0 fully saturated rings. The van der Waals surface area contributed by atoms with E-state index >= 15 is 0 Å². The molecular weight excluding hydrogens is 342 g/mol. The molecule has 0 saturated heterocycles. The zero-order valence-electron chi connectivity index (χ0n) is 14.7. The highest BCUT2D eigenvalue weighted by atomic mass is 16.6. The number of rotatable bonds is 5. The lowest BCUT2D eigenvalue weighted by Crippen LogP contribution is -2.04. The summed E-state index contributed by atoms with van der Waals surface area (Å²) in [7, 11) is 1.86. The first-order chi connectivity index (χ1) is 13.1. The Morgan fingerprint density at radius 3 is 2.70 bits per heavy atom. The Labute approximate surface area is 155 Å². The molecule has 0 bridgehead atoms. The molecule has 7 nitrogen and oxygen atoms in total. The third kappa shape index (κ3) is 3.22. The van der Waals surface area contributed by atoms with Gasteiger partial charge in [0.2, 0.25) is 0 Å². The Hall–Kier alpha value is -3.74. The van der Waals surface area contributed by atoms with Gasteiger partial charge in [-0.25, -0.2) is 0 Å². The lowest BCUT2D eigenvalue weighted by Gasteiger charge is -2.09. The Kier molecular flexibility index (Phi) is 4.25. The van der Waals surface area contributed by atoms with Gasteiger partial charge in [0.15, 0.2) is 0 Å². The molecule has 0 unspecified atom stereocenters. The van der Waals surface area contributed by atoms with Crippen molar-refractivity contribution >= 4 is 22.3 Å². The minimum Gasteiger partial charge on any atom is -0.375 e. The minimum absolute atomic E-state index is 0.0331. The molecule has 27 heavy (non-hydrogen) atoms. The molecule has 4 rings (SSSR count). The van der Waals surface area contributed by atoms with Gasteiger partial charge in [-0.15, -0.1) is 0 Å². The van der Waals surface area contributed by atoms with Crippen molar-refractivity contribution < 1.29 is 4.92 Å². The first-order valence-corrected chi connectivity index (χ1v) is 8.47. The van der Waals surface area contributed by atoms with Crippen LogP contribution in [0.2, 0.25) is 0 Å². The van der Waals surface area contributed by atoms with Gasteiger partial charge in [-0.1, -0.05) is 30.3 Å². The second kappa shape index (κ2) is 6.87. The fourth-order valence-electron chi connectivity index (χ4n) is 3.17. The number of pyridine rings is 1. The summed E-state index contributed by atoms with van der Waals surface area (Å²) < 4.78 is 1.75. The van der Waals surface area contributed by atoms with Crippen molar-refractivity contribution in [1.29, 1.82) is 0 Å². The molecule has 2 aromatic heterocycles. The smallest absolute Gasteiger partial charge is 0.301 e. The van der Waals surface area contributed by atoms with Crippen LogP contribution < -0.4 is 5.32 Å². The summed E-state index contributed by atoms with van der Waals surface area (Å²) >= 11 is 0. The van der Waals surface area contributed by atoms with Crippen LogP contribution in [-0.4, -0.2) is 19.7 Å². The lowest BCUT2D eigenvalue weighted by atomic mass is 10.1. The second-order valence-electron chi connectivity index (χ2n) is 6.19. The first-order valence-electron chi connectivity index (χ1n) is 8.47. The second-order valence-corrected chi connectivity index (χ2v) is 6.19. The number of nitrogens with one attached hydrogen (secondary N) is 1. The third-order valence-corrected chi connectivity index (χ3v) is 4.36. The van der Waals surface area contributed by atoms with Crippen LogP contribution in [0, 0.1) is 10.1 Å². The fourth-order valence-corrected chi connectivity index (χ4v) is 3.17. The van der Waals surface area contributed by atoms with Gasteiger partial charge in [-0.05, 0) is 24.3 Å². The van der Waals surface area contributed by atoms with Crippen molar-refractivity contribution in [2.75, 3.05) is 5.32 Å². The van der Waals surface area contributed by atoms with Crippen molar-refractivity contribution in [3.05, 3.63) is 82.7 Å². The molecule has 0 aliphatic carbocycles. The number of aryl methyl sites for hydroxylation is 1. The van der Waals surface area contributed by atoms with Crippen molar-refractivity contribution in [3.63, 3.8) is 0 Å². The molecule has 134 valence electrons. The summed E-state index contributed by atoms with van der Waals surface area (Å²) in [6.07, 6.45) is 3.55. The first kappa shape index (κ1) is 16.7. The van der Waals surface area contributed by atoms with Crippen LogP contribution >= 0.6 is 0 Å². The number of hydrogen-bond acceptors (Lipinski definition) is 5. The number of nitrogens with zero attached hydrogens (tertiary/aromatic N) is 4. The molecule has 0 atom stereocenters. The van der Waals surface area contributed by atoms with Gasteiger partial charge in [-0.3, -0.25) is 19.8 Å². The Bertz CT molecular complexity index is 1120. The van der Waals surface area contributed by atoms with Crippen molar-refractivity contribution in [1.82, 2.24) is 14.8 Å². The van der Waals surface area contributed by atoms with Crippen molar-refractivity contribution in [3.8, 4) is 11.3 Å². The minimum atomic E-state index is -0.367. The molecule has 0 radical (unpaired) electrons. The van der Waals surface area contributed by atoms with Crippen LogP contribution in [0.1, 0.15) is 5.56 Å². The van der Waals surface area contributed by atoms with E-state index in [1.165, 1.54) is 0 Å². The summed E-state index contributed by atoms with van der Waals surface area (Å²) in [6.45, 7) is 0.421. The van der Waals surface area contributed by atoms with Crippen LogP contribution in [0.15, 0.2) is 67.0 Å². The summed E-state index contributed by atoms with van der Waals surface area (Å²) in [5, 5.41) is 19.9. The molecule has 0 spiro atoms. The summed E-state index contributed by atoms with van der Waals surface area (Å²) in [6, 6.07) is 16.8. The predicted octanol–water partition coefficient (Wildman–Crippen LogP) is 4.16. The van der Waals surface area contributed by atoms with Crippen LogP contribution in [0.5, 0.6) is 0 Å². The summed E-state index contributed by atoms with van der Waals surface area (Å²) in [4.78, 5) is 15.5. The Morgan fingerprint density at radius 2 is 1.93 bits per heavy atom. The molecule has 0 aliphatic rings. The quantitative estimate of drug-likeness (QED) is 0.427. The number of nitro benzene ring substituents is 1. The SMILES string of the molecule is Cn1cc(CNc2ccc3ncccc3c2[N+](=O)[O-])c(-c2ccccc2)n1. The summed E-state index contributed by atoms with van der Waals surface area (Å²) in [5.41, 5.74) is 3.92. The number of nitro groups is 1. The van der Waals surface area contributed by atoms with Gasteiger partial charge in [0.25, 0.3) is 0 Å². The van der Waals surface area contributed by atoms with Crippen LogP contribution in [0.4, 0.5) is 11.4 Å². The zero-order valence-corrected chi connectivity index (χ0v) is 14.7. The highest BCUT2D eigenvalue weighted by molar-refractivity contribution is 5.94. The van der Waals surface area contributed by atoms with Crippen molar-refractivity contribution in [2.24, 2.45) is 7.05 Å². The predicted molar refractivity (Wildman–Crippen MR) is 104 cm³/mol. The van der Waals surface area contributed by atoms with E-state index in [4.69, 9.17) is 0 Å². The van der Waals surface area contributed by atoms with Crippen LogP contribution in [0.3, 0.4) is 0 Å². The van der Waals surface area contributed by atoms with Gasteiger partial charge in [0, 0.05) is 37.1 Å². The lowest BCUT2D eigenvalue weighted by molar-refractivity contribution is -0.382. The average molecular weight is 359 g/mol. The van der Waals surface area contributed by atoms with E-state index in [1.54, 1.807) is 35.1 Å². The number of aromatic nitrogens is 3. The maximum Gasteiger partial charge on any atom is 0.301 e. The largest absolute Gasteiger partial charge is 0.375 e. The van der Waals surface area contributed by atoms with E-state index in [2.05, 4.69) is 15.4 Å². The highest BCUT2D eigenvalue weighted by Gasteiger charge is 2.19. The van der Waals surface area contributed by atoms with E-state index in [0.717, 1.165) is 16.8 Å². The molecule has 2 aromatic carbocycles. The van der Waals surface area contributed by atoms with Gasteiger partial charge in [0.1, 0.15) is 5.69 Å². The summed E-state index contributed by atoms with van der Waals surface area (Å²) in [5.74, 6) is 0. The normalized spacial score (nSPS) is 10.9. The van der Waals surface area contributed by atoms with Crippen molar-refractivity contribution in [2.45, 2.75) is 6.54 Å².